The highest BCUT2D eigenvalue weighted by molar-refractivity contribution is 5.86. The van der Waals surface area contributed by atoms with Crippen molar-refractivity contribution in [2.45, 2.75) is 32.7 Å². The fourth-order valence-corrected chi connectivity index (χ4v) is 3.08. The summed E-state index contributed by atoms with van der Waals surface area (Å²) in [6, 6.07) is 0.408. The monoisotopic (exact) mass is 288 g/mol. The second-order valence-electron chi connectivity index (χ2n) is 6.16. The molecule has 0 amide bonds. The van der Waals surface area contributed by atoms with Gasteiger partial charge in [0, 0.05) is 19.6 Å². The van der Waals surface area contributed by atoms with Crippen LogP contribution in [0.25, 0.3) is 11.0 Å². The number of aryl methyl sites for hydroxylation is 1. The fourth-order valence-electron chi connectivity index (χ4n) is 3.08. The Labute approximate surface area is 125 Å². The van der Waals surface area contributed by atoms with Gasteiger partial charge >= 0.3 is 0 Å². The molecule has 2 aromatic rings. The predicted molar refractivity (Wildman–Crippen MR) is 84.4 cm³/mol. The van der Waals surface area contributed by atoms with Gasteiger partial charge in [-0.2, -0.15) is 5.10 Å². The maximum absolute atomic E-state index is 4.55. The molecule has 0 aromatic carbocycles. The number of hydrogen-bond donors (Lipinski definition) is 1. The molecule has 1 aliphatic heterocycles. The summed E-state index contributed by atoms with van der Waals surface area (Å²) in [5, 5.41) is 8.86. The molecule has 6 heteroatoms. The normalized spacial score (nSPS) is 19.3. The van der Waals surface area contributed by atoms with E-state index < -0.39 is 0 Å². The zero-order valence-corrected chi connectivity index (χ0v) is 13.1. The molecule has 0 radical (unpaired) electrons. The molecule has 1 N–H and O–H groups in total. The third kappa shape index (κ3) is 2.85. The van der Waals surface area contributed by atoms with Crippen molar-refractivity contribution in [2.75, 3.05) is 24.5 Å². The van der Waals surface area contributed by atoms with Crippen LogP contribution in [-0.4, -0.2) is 45.4 Å². The lowest BCUT2D eigenvalue weighted by Gasteiger charge is -2.33. The summed E-state index contributed by atoms with van der Waals surface area (Å²) < 4.78 is 1.81. The fraction of sp³-hybridized carbons (Fsp3) is 0.667. The van der Waals surface area contributed by atoms with Gasteiger partial charge in [0.1, 0.15) is 12.1 Å². The number of aromatic nitrogens is 4. The average Bonchev–Trinajstić information content (AvgIpc) is 2.87. The van der Waals surface area contributed by atoms with Crippen LogP contribution in [0.1, 0.15) is 26.7 Å². The predicted octanol–water partition coefficient (Wildman–Crippen LogP) is 1.58. The SMILES string of the molecule is CC(C)N(CC1CCCNC1)c1ncnc2c1cnn2C. The van der Waals surface area contributed by atoms with E-state index in [4.69, 9.17) is 0 Å². The second kappa shape index (κ2) is 5.97. The van der Waals surface area contributed by atoms with Crippen molar-refractivity contribution in [1.29, 1.82) is 0 Å². The van der Waals surface area contributed by atoms with Crippen LogP contribution in [0.15, 0.2) is 12.5 Å². The number of piperidine rings is 1. The van der Waals surface area contributed by atoms with E-state index in [1.165, 1.54) is 12.8 Å². The molecule has 0 bridgehead atoms. The summed E-state index contributed by atoms with van der Waals surface area (Å²) in [4.78, 5) is 11.3. The van der Waals surface area contributed by atoms with Crippen LogP contribution in [0.3, 0.4) is 0 Å². The molecule has 1 atom stereocenters. The summed E-state index contributed by atoms with van der Waals surface area (Å²) in [6.07, 6.45) is 6.08. The smallest absolute Gasteiger partial charge is 0.163 e. The van der Waals surface area contributed by atoms with E-state index in [1.54, 1.807) is 11.0 Å². The average molecular weight is 288 g/mol. The molecule has 2 aromatic heterocycles. The lowest BCUT2D eigenvalue weighted by Crippen LogP contribution is -2.41. The number of nitrogens with zero attached hydrogens (tertiary/aromatic N) is 5. The van der Waals surface area contributed by atoms with E-state index in [0.29, 0.717) is 12.0 Å². The Balaban J connectivity index is 1.91. The van der Waals surface area contributed by atoms with Gasteiger partial charge in [0.25, 0.3) is 0 Å². The van der Waals surface area contributed by atoms with Gasteiger partial charge < -0.3 is 10.2 Å². The Hall–Kier alpha value is -1.69. The Morgan fingerprint density at radius 2 is 2.29 bits per heavy atom. The first-order chi connectivity index (χ1) is 10.2. The highest BCUT2D eigenvalue weighted by Crippen LogP contribution is 2.25. The van der Waals surface area contributed by atoms with Gasteiger partial charge in [-0.1, -0.05) is 0 Å². The van der Waals surface area contributed by atoms with Gasteiger partial charge in [-0.25, -0.2) is 9.97 Å². The van der Waals surface area contributed by atoms with Crippen molar-refractivity contribution in [3.8, 4) is 0 Å². The largest absolute Gasteiger partial charge is 0.353 e. The number of fused-ring (bicyclic) bond motifs is 1. The maximum atomic E-state index is 4.55. The zero-order chi connectivity index (χ0) is 14.8. The van der Waals surface area contributed by atoms with E-state index in [1.807, 2.05) is 13.2 Å². The molecule has 114 valence electrons. The third-order valence-electron chi connectivity index (χ3n) is 4.26. The molecule has 1 saturated heterocycles. The van der Waals surface area contributed by atoms with E-state index in [0.717, 1.165) is 36.5 Å². The minimum absolute atomic E-state index is 0.408. The van der Waals surface area contributed by atoms with Gasteiger partial charge in [0.05, 0.1) is 11.6 Å². The quantitative estimate of drug-likeness (QED) is 0.925. The number of anilines is 1. The second-order valence-corrected chi connectivity index (χ2v) is 6.16. The van der Waals surface area contributed by atoms with Crippen LogP contribution in [-0.2, 0) is 7.05 Å². The maximum Gasteiger partial charge on any atom is 0.163 e. The molecule has 0 saturated carbocycles. The van der Waals surface area contributed by atoms with Crippen molar-refractivity contribution in [2.24, 2.45) is 13.0 Å². The highest BCUT2D eigenvalue weighted by atomic mass is 15.3. The summed E-state index contributed by atoms with van der Waals surface area (Å²) in [5.41, 5.74) is 0.896. The van der Waals surface area contributed by atoms with E-state index in [-0.39, 0.29) is 0 Å². The van der Waals surface area contributed by atoms with Crippen molar-refractivity contribution in [3.63, 3.8) is 0 Å². The first kappa shape index (κ1) is 14.3. The molecule has 6 nitrogen and oxygen atoms in total. The minimum atomic E-state index is 0.408. The number of nitrogens with one attached hydrogen (secondary N) is 1. The van der Waals surface area contributed by atoms with Gasteiger partial charge in [0.15, 0.2) is 5.65 Å². The third-order valence-corrected chi connectivity index (χ3v) is 4.26. The standard InChI is InChI=1S/C15H24N6/c1-11(2)21(9-12-5-4-6-16-7-12)15-13-8-19-20(3)14(13)17-10-18-15/h8,10-12,16H,4-7,9H2,1-3H3. The van der Waals surface area contributed by atoms with Gasteiger partial charge in [-0.15, -0.1) is 0 Å². The summed E-state index contributed by atoms with van der Waals surface area (Å²) >= 11 is 0. The molecule has 1 aliphatic rings. The molecular weight excluding hydrogens is 264 g/mol. The van der Waals surface area contributed by atoms with E-state index in [2.05, 4.69) is 39.1 Å². The molecular formula is C15H24N6. The lowest BCUT2D eigenvalue weighted by molar-refractivity contribution is 0.370. The van der Waals surface area contributed by atoms with Crippen LogP contribution in [0.2, 0.25) is 0 Å². The molecule has 1 fully saturated rings. The van der Waals surface area contributed by atoms with E-state index >= 15 is 0 Å². The summed E-state index contributed by atoms with van der Waals surface area (Å²) in [7, 11) is 1.92. The topological polar surface area (TPSA) is 58.9 Å². The van der Waals surface area contributed by atoms with Crippen LogP contribution in [0.5, 0.6) is 0 Å². The zero-order valence-electron chi connectivity index (χ0n) is 13.1. The molecule has 3 heterocycles. The minimum Gasteiger partial charge on any atom is -0.353 e. The molecule has 3 rings (SSSR count). The van der Waals surface area contributed by atoms with Crippen LogP contribution < -0.4 is 10.2 Å². The Bertz CT molecular complexity index is 599. The number of hydrogen-bond acceptors (Lipinski definition) is 5. The van der Waals surface area contributed by atoms with Crippen LogP contribution in [0.4, 0.5) is 5.82 Å². The molecule has 21 heavy (non-hydrogen) atoms. The van der Waals surface area contributed by atoms with Crippen molar-refractivity contribution in [3.05, 3.63) is 12.5 Å². The first-order valence-corrected chi connectivity index (χ1v) is 7.77. The molecule has 1 unspecified atom stereocenters. The Morgan fingerprint density at radius 3 is 3.00 bits per heavy atom. The van der Waals surface area contributed by atoms with E-state index in [9.17, 15) is 0 Å². The first-order valence-electron chi connectivity index (χ1n) is 7.77. The van der Waals surface area contributed by atoms with Crippen LogP contribution in [0, 0.1) is 5.92 Å². The van der Waals surface area contributed by atoms with Crippen molar-refractivity contribution < 1.29 is 0 Å². The van der Waals surface area contributed by atoms with Gasteiger partial charge in [-0.05, 0) is 45.7 Å². The molecule has 0 aliphatic carbocycles. The summed E-state index contributed by atoms with van der Waals surface area (Å²) in [6.45, 7) is 7.73. The summed E-state index contributed by atoms with van der Waals surface area (Å²) in [5.74, 6) is 1.69. The Morgan fingerprint density at radius 1 is 1.43 bits per heavy atom. The van der Waals surface area contributed by atoms with Gasteiger partial charge in [-0.3, -0.25) is 4.68 Å². The highest BCUT2D eigenvalue weighted by Gasteiger charge is 2.22. The van der Waals surface area contributed by atoms with Crippen molar-refractivity contribution >= 4 is 16.9 Å². The Kier molecular flexibility index (Phi) is 4.05. The number of rotatable bonds is 4. The molecule has 0 spiro atoms. The van der Waals surface area contributed by atoms with Crippen molar-refractivity contribution in [1.82, 2.24) is 25.1 Å². The lowest BCUT2D eigenvalue weighted by atomic mass is 9.98. The van der Waals surface area contributed by atoms with Crippen LogP contribution >= 0.6 is 0 Å². The van der Waals surface area contributed by atoms with Gasteiger partial charge in [0.2, 0.25) is 0 Å².